The average Bonchev–Trinajstić information content (AvgIpc) is 2.37. The van der Waals surface area contributed by atoms with Crippen LogP contribution in [-0.4, -0.2) is 4.21 Å². The second-order valence-corrected chi connectivity index (χ2v) is 6.45. The van der Waals surface area contributed by atoms with E-state index in [4.69, 9.17) is 28.9 Å². The van der Waals surface area contributed by atoms with Crippen LogP contribution < -0.4 is 5.73 Å². The third-order valence-electron chi connectivity index (χ3n) is 2.66. The molecule has 0 spiro atoms. The molecular formula is C14H13Cl2NOS. The normalized spacial score (nSPS) is 12.3. The number of hydrogen-bond donors (Lipinski definition) is 1. The topological polar surface area (TPSA) is 43.1 Å². The van der Waals surface area contributed by atoms with Crippen molar-refractivity contribution in [2.75, 3.05) is 5.73 Å². The van der Waals surface area contributed by atoms with Gasteiger partial charge in [0.2, 0.25) is 0 Å². The van der Waals surface area contributed by atoms with Crippen molar-refractivity contribution in [3.63, 3.8) is 0 Å². The summed E-state index contributed by atoms with van der Waals surface area (Å²) < 4.78 is 12.1. The Hall–Kier alpha value is -1.03. The van der Waals surface area contributed by atoms with Crippen LogP contribution in [0.3, 0.4) is 0 Å². The summed E-state index contributed by atoms with van der Waals surface area (Å²) in [6.45, 7) is 0. The van der Waals surface area contributed by atoms with E-state index in [1.54, 1.807) is 18.2 Å². The van der Waals surface area contributed by atoms with E-state index in [0.29, 0.717) is 27.2 Å². The Labute approximate surface area is 125 Å². The molecule has 2 aromatic rings. The molecule has 0 fully saturated rings. The molecule has 19 heavy (non-hydrogen) atoms. The zero-order valence-corrected chi connectivity index (χ0v) is 12.4. The average molecular weight is 314 g/mol. The molecule has 0 saturated heterocycles. The van der Waals surface area contributed by atoms with Crippen molar-refractivity contribution in [3.8, 4) is 0 Å². The number of rotatable bonds is 4. The van der Waals surface area contributed by atoms with Gasteiger partial charge in [-0.15, -0.1) is 0 Å². The molecule has 2 nitrogen and oxygen atoms in total. The van der Waals surface area contributed by atoms with Crippen molar-refractivity contribution < 1.29 is 4.21 Å². The van der Waals surface area contributed by atoms with Crippen LogP contribution in [0.5, 0.6) is 0 Å². The van der Waals surface area contributed by atoms with E-state index >= 15 is 0 Å². The van der Waals surface area contributed by atoms with E-state index in [9.17, 15) is 4.21 Å². The van der Waals surface area contributed by atoms with E-state index in [0.717, 1.165) is 11.1 Å². The van der Waals surface area contributed by atoms with Gasteiger partial charge in [-0.1, -0.05) is 47.5 Å². The minimum Gasteiger partial charge on any atom is -0.398 e. The number of benzene rings is 2. The first kappa shape index (κ1) is 14.4. The quantitative estimate of drug-likeness (QED) is 0.866. The first-order valence-corrected chi connectivity index (χ1v) is 7.93. The Bertz CT molecular complexity index is 616. The van der Waals surface area contributed by atoms with Crippen molar-refractivity contribution >= 4 is 39.7 Å². The van der Waals surface area contributed by atoms with E-state index < -0.39 is 10.8 Å². The van der Waals surface area contributed by atoms with E-state index in [-0.39, 0.29) is 0 Å². The van der Waals surface area contributed by atoms with Crippen LogP contribution in [0.15, 0.2) is 42.5 Å². The molecule has 2 N–H and O–H groups in total. The minimum atomic E-state index is -1.03. The van der Waals surface area contributed by atoms with Crippen LogP contribution in [-0.2, 0) is 22.3 Å². The van der Waals surface area contributed by atoms with Crippen molar-refractivity contribution in [1.29, 1.82) is 0 Å². The summed E-state index contributed by atoms with van der Waals surface area (Å²) in [4.78, 5) is 0. The van der Waals surface area contributed by atoms with Crippen LogP contribution in [0, 0.1) is 0 Å². The Morgan fingerprint density at radius 2 is 1.74 bits per heavy atom. The monoisotopic (exact) mass is 313 g/mol. The molecule has 0 heterocycles. The van der Waals surface area contributed by atoms with Gasteiger partial charge in [-0.2, -0.15) is 0 Å². The van der Waals surface area contributed by atoms with E-state index in [1.165, 1.54) is 0 Å². The molecule has 0 saturated carbocycles. The van der Waals surface area contributed by atoms with Gasteiger partial charge in [0.25, 0.3) is 0 Å². The van der Waals surface area contributed by atoms with Gasteiger partial charge >= 0.3 is 0 Å². The molecule has 0 amide bonds. The highest BCUT2D eigenvalue weighted by atomic mass is 35.5. The lowest BCUT2D eigenvalue weighted by Gasteiger charge is -2.06. The molecule has 1 atom stereocenters. The Balaban J connectivity index is 2.05. The van der Waals surface area contributed by atoms with Crippen LogP contribution in [0.2, 0.25) is 10.0 Å². The maximum absolute atomic E-state index is 12.1. The standard InChI is InChI=1S/C14H13Cl2NOS/c15-12-4-2-1-3-11(12)9-19(18)8-10-5-6-13(16)14(17)7-10/h1-7H,8-9,17H2. The SMILES string of the molecule is Nc1cc(CS(=O)Cc2ccccc2Cl)ccc1Cl. The highest BCUT2D eigenvalue weighted by Gasteiger charge is 2.07. The summed E-state index contributed by atoms with van der Waals surface area (Å²) in [5, 5.41) is 1.16. The maximum atomic E-state index is 12.1. The van der Waals surface area contributed by atoms with Gasteiger partial charge in [0.15, 0.2) is 0 Å². The third-order valence-corrected chi connectivity index (χ3v) is 4.66. The van der Waals surface area contributed by atoms with Gasteiger partial charge in [-0.3, -0.25) is 4.21 Å². The maximum Gasteiger partial charge on any atom is 0.0635 e. The fourth-order valence-electron chi connectivity index (χ4n) is 1.71. The summed E-state index contributed by atoms with van der Waals surface area (Å²) in [5.41, 5.74) is 8.03. The first-order chi connectivity index (χ1) is 9.06. The number of anilines is 1. The predicted octanol–water partition coefficient (Wildman–Crippen LogP) is 4.02. The van der Waals surface area contributed by atoms with Crippen molar-refractivity contribution in [2.24, 2.45) is 0 Å². The lowest BCUT2D eigenvalue weighted by molar-refractivity contribution is 0.682. The molecule has 5 heteroatoms. The number of nitrogen functional groups attached to an aromatic ring is 1. The van der Waals surface area contributed by atoms with Crippen LogP contribution >= 0.6 is 23.2 Å². The summed E-state index contributed by atoms with van der Waals surface area (Å²) >= 11 is 11.9. The highest BCUT2D eigenvalue weighted by molar-refractivity contribution is 7.83. The van der Waals surface area contributed by atoms with Crippen molar-refractivity contribution in [1.82, 2.24) is 0 Å². The molecule has 0 aliphatic rings. The summed E-state index contributed by atoms with van der Waals surface area (Å²) in [6, 6.07) is 12.7. The van der Waals surface area contributed by atoms with Gasteiger partial charge in [0.05, 0.1) is 16.5 Å². The van der Waals surface area contributed by atoms with Gasteiger partial charge in [0.1, 0.15) is 0 Å². The Morgan fingerprint density at radius 3 is 2.42 bits per heavy atom. The Kier molecular flexibility index (Phi) is 4.86. The van der Waals surface area contributed by atoms with Gasteiger partial charge in [-0.25, -0.2) is 0 Å². The zero-order valence-electron chi connectivity index (χ0n) is 10.1. The molecule has 0 aromatic heterocycles. The summed E-state index contributed by atoms with van der Waals surface area (Å²) in [6.07, 6.45) is 0. The molecule has 100 valence electrons. The fourth-order valence-corrected chi connectivity index (χ4v) is 3.36. The highest BCUT2D eigenvalue weighted by Crippen LogP contribution is 2.22. The van der Waals surface area contributed by atoms with Gasteiger partial charge in [-0.05, 0) is 29.3 Å². The fraction of sp³-hybridized carbons (Fsp3) is 0.143. The van der Waals surface area contributed by atoms with Crippen LogP contribution in [0.25, 0.3) is 0 Å². The van der Waals surface area contributed by atoms with E-state index in [2.05, 4.69) is 0 Å². The second-order valence-electron chi connectivity index (χ2n) is 4.18. The largest absolute Gasteiger partial charge is 0.398 e. The molecule has 2 rings (SSSR count). The van der Waals surface area contributed by atoms with Crippen LogP contribution in [0.4, 0.5) is 5.69 Å². The van der Waals surface area contributed by atoms with Crippen LogP contribution in [0.1, 0.15) is 11.1 Å². The molecule has 0 aliphatic heterocycles. The van der Waals surface area contributed by atoms with Crippen molar-refractivity contribution in [2.45, 2.75) is 11.5 Å². The molecular weight excluding hydrogens is 301 g/mol. The molecule has 0 aliphatic carbocycles. The number of nitrogens with two attached hydrogens (primary N) is 1. The lowest BCUT2D eigenvalue weighted by Crippen LogP contribution is -2.01. The summed E-state index contributed by atoms with van der Waals surface area (Å²) in [7, 11) is -1.03. The second kappa shape index (κ2) is 6.42. The zero-order chi connectivity index (χ0) is 13.8. The third kappa shape index (κ3) is 3.96. The molecule has 0 radical (unpaired) electrons. The minimum absolute atomic E-state index is 0.433. The molecule has 1 unspecified atom stereocenters. The van der Waals surface area contributed by atoms with Gasteiger partial charge in [0, 0.05) is 21.6 Å². The number of hydrogen-bond acceptors (Lipinski definition) is 2. The lowest BCUT2D eigenvalue weighted by atomic mass is 10.2. The van der Waals surface area contributed by atoms with Crippen molar-refractivity contribution in [3.05, 3.63) is 63.6 Å². The number of halogens is 2. The summed E-state index contributed by atoms with van der Waals surface area (Å²) in [5.74, 6) is 0.870. The molecule has 0 bridgehead atoms. The van der Waals surface area contributed by atoms with Gasteiger partial charge < -0.3 is 5.73 Å². The first-order valence-electron chi connectivity index (χ1n) is 5.68. The Morgan fingerprint density at radius 1 is 1.00 bits per heavy atom. The smallest absolute Gasteiger partial charge is 0.0635 e. The van der Waals surface area contributed by atoms with E-state index in [1.807, 2.05) is 24.3 Å². The predicted molar refractivity (Wildman–Crippen MR) is 82.9 cm³/mol. The molecule has 2 aromatic carbocycles.